The highest BCUT2D eigenvalue weighted by Gasteiger charge is 2.29. The minimum absolute atomic E-state index is 0.0109. The van der Waals surface area contributed by atoms with Gasteiger partial charge in [0.25, 0.3) is 0 Å². The number of nitrogens with two attached hydrogens (primary N) is 1. The molecule has 0 unspecified atom stereocenters. The van der Waals surface area contributed by atoms with E-state index in [1.54, 1.807) is 6.92 Å². The topological polar surface area (TPSA) is 72.2 Å². The quantitative estimate of drug-likeness (QED) is 0.756. The lowest BCUT2D eigenvalue weighted by Gasteiger charge is -2.24. The fourth-order valence-corrected chi connectivity index (χ4v) is 1.33. The number of nitrogens with one attached hydrogen (secondary N) is 1. The molecule has 94 valence electrons. The summed E-state index contributed by atoms with van der Waals surface area (Å²) in [7, 11) is 0. The maximum atomic E-state index is 11.8. The van der Waals surface area contributed by atoms with Gasteiger partial charge >= 0.3 is 0 Å². The van der Waals surface area contributed by atoms with Gasteiger partial charge in [0.15, 0.2) is 5.78 Å². The molecule has 0 radical (unpaired) electrons. The van der Waals surface area contributed by atoms with Crippen LogP contribution in [-0.2, 0) is 9.59 Å². The molecule has 0 aromatic heterocycles. The molecule has 0 aliphatic rings. The van der Waals surface area contributed by atoms with E-state index in [1.165, 1.54) is 0 Å². The molecule has 2 atom stereocenters. The van der Waals surface area contributed by atoms with Crippen molar-refractivity contribution in [3.63, 3.8) is 0 Å². The van der Waals surface area contributed by atoms with Gasteiger partial charge in [-0.05, 0) is 12.8 Å². The smallest absolute Gasteiger partial charge is 0.237 e. The van der Waals surface area contributed by atoms with Crippen molar-refractivity contribution in [3.05, 3.63) is 0 Å². The second-order valence-electron chi connectivity index (χ2n) is 5.61. The molecule has 0 bridgehead atoms. The predicted molar refractivity (Wildman–Crippen MR) is 64.9 cm³/mol. The van der Waals surface area contributed by atoms with E-state index >= 15 is 0 Å². The molecule has 0 aromatic carbocycles. The van der Waals surface area contributed by atoms with Crippen LogP contribution in [0.3, 0.4) is 0 Å². The van der Waals surface area contributed by atoms with Gasteiger partial charge in [0.2, 0.25) is 5.91 Å². The molecular weight excluding hydrogens is 204 g/mol. The molecule has 4 heteroatoms. The third-order valence-corrected chi connectivity index (χ3v) is 2.51. The van der Waals surface area contributed by atoms with Gasteiger partial charge in [-0.2, -0.15) is 0 Å². The first kappa shape index (κ1) is 15.1. The Labute approximate surface area is 98.0 Å². The third kappa shape index (κ3) is 4.31. The van der Waals surface area contributed by atoms with Crippen molar-refractivity contribution in [2.24, 2.45) is 17.1 Å². The Morgan fingerprint density at radius 1 is 1.12 bits per heavy atom. The van der Waals surface area contributed by atoms with Crippen LogP contribution in [0.4, 0.5) is 0 Å². The average Bonchev–Trinajstić information content (AvgIpc) is 2.13. The van der Waals surface area contributed by atoms with Gasteiger partial charge < -0.3 is 11.1 Å². The Morgan fingerprint density at radius 3 is 1.88 bits per heavy atom. The number of rotatable bonds is 4. The first-order chi connectivity index (χ1) is 7.07. The fraction of sp³-hybridized carbons (Fsp3) is 0.833. The summed E-state index contributed by atoms with van der Waals surface area (Å²) in [5.74, 6) is -0.186. The molecule has 0 aromatic rings. The number of amides is 1. The van der Waals surface area contributed by atoms with E-state index < -0.39 is 17.5 Å². The summed E-state index contributed by atoms with van der Waals surface area (Å²) in [6.45, 7) is 10.9. The Balaban J connectivity index is 4.42. The monoisotopic (exact) mass is 228 g/mol. The highest BCUT2D eigenvalue weighted by molar-refractivity contribution is 5.93. The second-order valence-corrected chi connectivity index (χ2v) is 5.61. The maximum absolute atomic E-state index is 11.8. The molecule has 0 rings (SSSR count). The Morgan fingerprint density at radius 2 is 1.56 bits per heavy atom. The van der Waals surface area contributed by atoms with E-state index in [9.17, 15) is 9.59 Å². The van der Waals surface area contributed by atoms with Crippen molar-refractivity contribution in [2.75, 3.05) is 0 Å². The minimum Gasteiger partial charge on any atom is -0.345 e. The summed E-state index contributed by atoms with van der Waals surface area (Å²) in [5, 5.41) is 2.65. The van der Waals surface area contributed by atoms with Crippen molar-refractivity contribution in [3.8, 4) is 0 Å². The lowest BCUT2D eigenvalue weighted by Crippen LogP contribution is -2.51. The third-order valence-electron chi connectivity index (χ3n) is 2.51. The summed E-state index contributed by atoms with van der Waals surface area (Å²) < 4.78 is 0. The van der Waals surface area contributed by atoms with Crippen LogP contribution in [0.1, 0.15) is 41.5 Å². The normalized spacial score (nSPS) is 15.8. The number of Topliss-reactive ketones (excluding diaryl/α,β-unsaturated/α-hetero) is 1. The van der Waals surface area contributed by atoms with Crippen LogP contribution >= 0.6 is 0 Å². The van der Waals surface area contributed by atoms with Crippen LogP contribution in [-0.4, -0.2) is 23.8 Å². The van der Waals surface area contributed by atoms with Gasteiger partial charge in [-0.15, -0.1) is 0 Å². The highest BCUT2D eigenvalue weighted by atomic mass is 16.2. The summed E-state index contributed by atoms with van der Waals surface area (Å²) in [6, 6.07) is -1.05. The lowest BCUT2D eigenvalue weighted by atomic mass is 9.87. The lowest BCUT2D eigenvalue weighted by molar-refractivity contribution is -0.132. The van der Waals surface area contributed by atoms with Gasteiger partial charge in [-0.1, -0.05) is 34.6 Å². The molecule has 3 N–H and O–H groups in total. The highest BCUT2D eigenvalue weighted by Crippen LogP contribution is 2.16. The molecule has 0 aliphatic heterocycles. The van der Waals surface area contributed by atoms with Crippen LogP contribution in [0.5, 0.6) is 0 Å². The van der Waals surface area contributed by atoms with E-state index in [4.69, 9.17) is 5.73 Å². The molecular formula is C12H24N2O2. The summed E-state index contributed by atoms with van der Waals surface area (Å²) in [5.41, 5.74) is 5.24. The summed E-state index contributed by atoms with van der Waals surface area (Å²) in [4.78, 5) is 23.5. The van der Waals surface area contributed by atoms with E-state index in [-0.39, 0.29) is 17.6 Å². The molecule has 0 saturated heterocycles. The predicted octanol–water partition coefficient (Wildman–Crippen LogP) is 1.09. The van der Waals surface area contributed by atoms with Crippen molar-refractivity contribution in [2.45, 2.75) is 53.6 Å². The fourth-order valence-electron chi connectivity index (χ4n) is 1.33. The van der Waals surface area contributed by atoms with E-state index in [0.29, 0.717) is 0 Å². The van der Waals surface area contributed by atoms with Gasteiger partial charge in [0, 0.05) is 5.41 Å². The zero-order valence-corrected chi connectivity index (χ0v) is 11.1. The average molecular weight is 228 g/mol. The zero-order valence-electron chi connectivity index (χ0n) is 11.1. The van der Waals surface area contributed by atoms with Crippen molar-refractivity contribution in [1.29, 1.82) is 0 Å². The number of ketones is 1. The first-order valence-corrected chi connectivity index (χ1v) is 5.67. The van der Waals surface area contributed by atoms with Crippen molar-refractivity contribution < 1.29 is 9.59 Å². The second kappa shape index (κ2) is 5.43. The molecule has 0 aliphatic carbocycles. The maximum Gasteiger partial charge on any atom is 0.237 e. The van der Waals surface area contributed by atoms with E-state index in [1.807, 2.05) is 34.6 Å². The van der Waals surface area contributed by atoms with Crippen molar-refractivity contribution >= 4 is 11.7 Å². The van der Waals surface area contributed by atoms with Crippen LogP contribution in [0, 0.1) is 11.3 Å². The zero-order chi connectivity index (χ0) is 13.1. The van der Waals surface area contributed by atoms with Crippen LogP contribution in [0.15, 0.2) is 0 Å². The molecule has 4 nitrogen and oxygen atoms in total. The molecule has 0 heterocycles. The van der Waals surface area contributed by atoms with E-state index in [0.717, 1.165) is 0 Å². The SMILES string of the molecule is CC(C)[C@H](N)C(=O)N[C@@H](C)C(=O)C(C)(C)C. The van der Waals surface area contributed by atoms with Crippen molar-refractivity contribution in [1.82, 2.24) is 5.32 Å². The Bertz CT molecular complexity index is 267. The molecule has 0 spiro atoms. The largest absolute Gasteiger partial charge is 0.345 e. The van der Waals surface area contributed by atoms with Gasteiger partial charge in [0.05, 0.1) is 12.1 Å². The number of carbonyl (C=O) groups excluding carboxylic acids is 2. The molecule has 16 heavy (non-hydrogen) atoms. The molecule has 0 fully saturated rings. The van der Waals surface area contributed by atoms with Crippen LogP contribution < -0.4 is 11.1 Å². The Kier molecular flexibility index (Phi) is 5.13. The number of hydrogen-bond acceptors (Lipinski definition) is 3. The first-order valence-electron chi connectivity index (χ1n) is 5.67. The van der Waals surface area contributed by atoms with Crippen LogP contribution in [0.25, 0.3) is 0 Å². The van der Waals surface area contributed by atoms with Gasteiger partial charge in [-0.3, -0.25) is 9.59 Å². The molecule has 0 saturated carbocycles. The minimum atomic E-state index is -0.560. The van der Waals surface area contributed by atoms with Crippen LogP contribution in [0.2, 0.25) is 0 Å². The number of carbonyl (C=O) groups is 2. The van der Waals surface area contributed by atoms with Gasteiger partial charge in [-0.25, -0.2) is 0 Å². The Hall–Kier alpha value is -0.900. The van der Waals surface area contributed by atoms with Gasteiger partial charge in [0.1, 0.15) is 0 Å². The summed E-state index contributed by atoms with van der Waals surface area (Å²) >= 11 is 0. The molecule has 1 amide bonds. The van der Waals surface area contributed by atoms with E-state index in [2.05, 4.69) is 5.32 Å². The summed E-state index contributed by atoms with van der Waals surface area (Å²) in [6.07, 6.45) is 0. The standard InChI is InChI=1S/C12H24N2O2/c1-7(2)9(13)11(16)14-8(3)10(15)12(4,5)6/h7-9H,13H2,1-6H3,(H,14,16)/t8-,9-/m0/s1. The number of hydrogen-bond donors (Lipinski definition) is 2.